The molecule has 0 unspecified atom stereocenters. The quantitative estimate of drug-likeness (QED) is 0.717. The average Bonchev–Trinajstić information content (AvgIpc) is 3.34. The Balaban J connectivity index is 1.34. The van der Waals surface area contributed by atoms with Crippen LogP contribution in [0.1, 0.15) is 57.5 Å². The van der Waals surface area contributed by atoms with Gasteiger partial charge in [-0.2, -0.15) is 0 Å². The summed E-state index contributed by atoms with van der Waals surface area (Å²) in [7, 11) is 0. The predicted molar refractivity (Wildman–Crippen MR) is 122 cm³/mol. The number of carbonyl (C=O) groups excluding carboxylic acids is 2. The lowest BCUT2D eigenvalue weighted by Gasteiger charge is -2.33. The molecule has 1 atom stereocenters. The molecule has 0 aliphatic carbocycles. The van der Waals surface area contributed by atoms with Crippen LogP contribution in [0.15, 0.2) is 42.5 Å². The lowest BCUT2D eigenvalue weighted by atomic mass is 9.97. The number of likely N-dealkylation sites (tertiary alicyclic amines) is 2. The molecular weight excluding hydrogens is 388 g/mol. The largest absolute Gasteiger partial charge is 0.493 e. The molecular formula is C26H32N2O3. The van der Waals surface area contributed by atoms with Gasteiger partial charge in [-0.15, -0.1) is 0 Å². The first-order valence-corrected chi connectivity index (χ1v) is 11.4. The number of nitrogens with zero attached hydrogens (tertiary/aromatic N) is 2. The lowest BCUT2D eigenvalue weighted by Crippen LogP contribution is -2.41. The molecule has 0 aromatic heterocycles. The van der Waals surface area contributed by atoms with Crippen LogP contribution in [-0.2, 0) is 0 Å². The lowest BCUT2D eigenvalue weighted by molar-refractivity contribution is 0.0632. The zero-order valence-electron chi connectivity index (χ0n) is 18.6. The van der Waals surface area contributed by atoms with Crippen LogP contribution in [0.2, 0.25) is 0 Å². The highest BCUT2D eigenvalue weighted by Crippen LogP contribution is 2.23. The molecule has 2 fully saturated rings. The number of aryl methyl sites for hydroxylation is 2. The molecule has 2 amide bonds. The first kappa shape index (κ1) is 21.4. The van der Waals surface area contributed by atoms with Gasteiger partial charge in [-0.1, -0.05) is 12.1 Å². The van der Waals surface area contributed by atoms with Crippen molar-refractivity contribution in [3.8, 4) is 5.75 Å². The first-order valence-electron chi connectivity index (χ1n) is 11.4. The van der Waals surface area contributed by atoms with Crippen molar-refractivity contribution >= 4 is 11.8 Å². The summed E-state index contributed by atoms with van der Waals surface area (Å²) in [6.45, 7) is 7.85. The Bertz CT molecular complexity index is 949. The predicted octanol–water partition coefficient (Wildman–Crippen LogP) is 4.47. The molecule has 2 saturated heterocycles. The number of carbonyl (C=O) groups is 2. The SMILES string of the molecule is Cc1ccc(C(=O)N2CCC[C@H](COc3cccc(C(=O)N4CCCC4)c3)C2)cc1C. The van der Waals surface area contributed by atoms with Gasteiger partial charge < -0.3 is 14.5 Å². The van der Waals surface area contributed by atoms with Crippen LogP contribution in [-0.4, -0.2) is 54.4 Å². The summed E-state index contributed by atoms with van der Waals surface area (Å²) in [5.74, 6) is 1.21. The average molecular weight is 421 g/mol. The molecule has 4 rings (SSSR count). The van der Waals surface area contributed by atoms with E-state index in [-0.39, 0.29) is 11.8 Å². The summed E-state index contributed by atoms with van der Waals surface area (Å²) in [6, 6.07) is 13.4. The molecule has 2 aromatic rings. The van der Waals surface area contributed by atoms with Gasteiger partial charge in [0.15, 0.2) is 0 Å². The smallest absolute Gasteiger partial charge is 0.253 e. The molecule has 0 bridgehead atoms. The number of benzene rings is 2. The van der Waals surface area contributed by atoms with Crippen molar-refractivity contribution in [2.24, 2.45) is 5.92 Å². The van der Waals surface area contributed by atoms with Crippen molar-refractivity contribution in [1.82, 2.24) is 9.80 Å². The maximum Gasteiger partial charge on any atom is 0.253 e. The van der Waals surface area contributed by atoms with E-state index < -0.39 is 0 Å². The van der Waals surface area contributed by atoms with Crippen LogP contribution >= 0.6 is 0 Å². The van der Waals surface area contributed by atoms with E-state index >= 15 is 0 Å². The number of ether oxygens (including phenoxy) is 1. The molecule has 2 aliphatic heterocycles. The molecule has 0 radical (unpaired) electrons. The van der Waals surface area contributed by atoms with Gasteiger partial charge in [0.05, 0.1) is 6.61 Å². The number of hydrogen-bond acceptors (Lipinski definition) is 3. The van der Waals surface area contributed by atoms with E-state index in [1.165, 1.54) is 5.56 Å². The molecule has 5 nitrogen and oxygen atoms in total. The second kappa shape index (κ2) is 9.54. The monoisotopic (exact) mass is 420 g/mol. The summed E-state index contributed by atoms with van der Waals surface area (Å²) in [6.07, 6.45) is 4.20. The minimum Gasteiger partial charge on any atom is -0.493 e. The fourth-order valence-electron chi connectivity index (χ4n) is 4.48. The van der Waals surface area contributed by atoms with Gasteiger partial charge in [-0.3, -0.25) is 9.59 Å². The van der Waals surface area contributed by atoms with Crippen molar-refractivity contribution in [1.29, 1.82) is 0 Å². The van der Waals surface area contributed by atoms with Crippen molar-refractivity contribution in [2.75, 3.05) is 32.8 Å². The molecule has 2 aromatic carbocycles. The Labute approximate surface area is 185 Å². The van der Waals surface area contributed by atoms with Crippen molar-refractivity contribution in [3.05, 3.63) is 64.7 Å². The zero-order chi connectivity index (χ0) is 21.8. The Kier molecular flexibility index (Phi) is 6.59. The van der Waals surface area contributed by atoms with Gasteiger partial charge in [0, 0.05) is 43.2 Å². The van der Waals surface area contributed by atoms with Gasteiger partial charge in [0.2, 0.25) is 0 Å². The number of rotatable bonds is 5. The Hall–Kier alpha value is -2.82. The molecule has 2 heterocycles. The number of piperidine rings is 1. The number of hydrogen-bond donors (Lipinski definition) is 0. The summed E-state index contributed by atoms with van der Waals surface area (Å²) >= 11 is 0. The van der Waals surface area contributed by atoms with E-state index in [0.29, 0.717) is 24.6 Å². The van der Waals surface area contributed by atoms with Crippen LogP contribution in [0, 0.1) is 19.8 Å². The summed E-state index contributed by atoms with van der Waals surface area (Å²) in [5.41, 5.74) is 3.80. The Morgan fingerprint density at radius 2 is 1.58 bits per heavy atom. The molecule has 2 aliphatic rings. The summed E-state index contributed by atoms with van der Waals surface area (Å²) in [4.78, 5) is 29.5. The zero-order valence-corrected chi connectivity index (χ0v) is 18.6. The Morgan fingerprint density at radius 1 is 0.871 bits per heavy atom. The van der Waals surface area contributed by atoms with E-state index in [0.717, 1.165) is 62.2 Å². The normalized spacial score (nSPS) is 18.8. The van der Waals surface area contributed by atoms with Crippen LogP contribution in [0.4, 0.5) is 0 Å². The first-order chi connectivity index (χ1) is 15.0. The van der Waals surface area contributed by atoms with Gasteiger partial charge in [-0.25, -0.2) is 0 Å². The highest BCUT2D eigenvalue weighted by molar-refractivity contribution is 5.95. The van der Waals surface area contributed by atoms with Crippen LogP contribution < -0.4 is 4.74 Å². The third-order valence-electron chi connectivity index (χ3n) is 6.52. The summed E-state index contributed by atoms with van der Waals surface area (Å²) < 4.78 is 6.06. The van der Waals surface area contributed by atoms with Gasteiger partial charge in [0.25, 0.3) is 11.8 Å². The molecule has 31 heavy (non-hydrogen) atoms. The van der Waals surface area contributed by atoms with Gasteiger partial charge in [0.1, 0.15) is 5.75 Å². The molecule has 0 N–H and O–H groups in total. The van der Waals surface area contributed by atoms with E-state index in [2.05, 4.69) is 6.92 Å². The standard InChI is InChI=1S/C26H32N2O3/c1-19-10-11-23(15-20(19)2)26(30)28-14-6-7-21(17-28)18-31-24-9-5-8-22(16-24)25(29)27-12-3-4-13-27/h5,8-11,15-16,21H,3-4,6-7,12-14,17-18H2,1-2H3/t21-/m0/s1. The van der Waals surface area contributed by atoms with Gasteiger partial charge in [-0.05, 0) is 81.0 Å². The van der Waals surface area contributed by atoms with Crippen LogP contribution in [0.5, 0.6) is 5.75 Å². The topological polar surface area (TPSA) is 49.9 Å². The summed E-state index contributed by atoms with van der Waals surface area (Å²) in [5, 5.41) is 0. The van der Waals surface area contributed by atoms with E-state index in [4.69, 9.17) is 4.74 Å². The fourth-order valence-corrected chi connectivity index (χ4v) is 4.48. The minimum absolute atomic E-state index is 0.0887. The maximum absolute atomic E-state index is 13.0. The number of amides is 2. The molecule has 164 valence electrons. The third-order valence-corrected chi connectivity index (χ3v) is 6.52. The molecule has 0 saturated carbocycles. The van der Waals surface area contributed by atoms with Crippen molar-refractivity contribution in [2.45, 2.75) is 39.5 Å². The van der Waals surface area contributed by atoms with Crippen LogP contribution in [0.25, 0.3) is 0 Å². The Morgan fingerprint density at radius 3 is 2.35 bits per heavy atom. The molecule has 0 spiro atoms. The second-order valence-electron chi connectivity index (χ2n) is 8.90. The van der Waals surface area contributed by atoms with E-state index in [1.54, 1.807) is 0 Å². The van der Waals surface area contributed by atoms with Gasteiger partial charge >= 0.3 is 0 Å². The van der Waals surface area contributed by atoms with E-state index in [1.807, 2.05) is 59.2 Å². The minimum atomic E-state index is 0.0887. The highest BCUT2D eigenvalue weighted by Gasteiger charge is 2.25. The van der Waals surface area contributed by atoms with Crippen molar-refractivity contribution < 1.29 is 14.3 Å². The maximum atomic E-state index is 13.0. The van der Waals surface area contributed by atoms with Crippen LogP contribution in [0.3, 0.4) is 0 Å². The second-order valence-corrected chi connectivity index (χ2v) is 8.90. The third kappa shape index (κ3) is 5.09. The van der Waals surface area contributed by atoms with Crippen molar-refractivity contribution in [3.63, 3.8) is 0 Å². The van der Waals surface area contributed by atoms with E-state index in [9.17, 15) is 9.59 Å². The molecule has 5 heteroatoms. The fraction of sp³-hybridized carbons (Fsp3) is 0.462. The highest BCUT2D eigenvalue weighted by atomic mass is 16.5.